The first kappa shape index (κ1) is 25.2. The van der Waals surface area contributed by atoms with Crippen molar-refractivity contribution in [1.29, 1.82) is 0 Å². The predicted octanol–water partition coefficient (Wildman–Crippen LogP) is 4.80. The van der Waals surface area contributed by atoms with Crippen LogP contribution in [0.15, 0.2) is 33.8 Å². The third-order valence-corrected chi connectivity index (χ3v) is 6.40. The molecule has 0 atom stereocenters. The molecular weight excluding hydrogens is 541 g/mol. The van der Waals surface area contributed by atoms with Crippen molar-refractivity contribution in [3.63, 3.8) is 0 Å². The standard InChI is InChI=1S/C23H32ClN5O2.HI/c1-25-23(29-13-10-20(11-14-29)30-16-17-5-2-3-6-17)26-12-9-21-27-22(28-31-21)18-7-4-8-19(24)15-18;/h4,7-8,15,17,20H,2-3,5-6,9-14,16H2,1H3,(H,25,26);1H. The van der Waals surface area contributed by atoms with E-state index >= 15 is 0 Å². The van der Waals surface area contributed by atoms with Crippen LogP contribution in [0.4, 0.5) is 0 Å². The fourth-order valence-corrected chi connectivity index (χ4v) is 4.59. The largest absolute Gasteiger partial charge is 0.378 e. The van der Waals surface area contributed by atoms with Gasteiger partial charge in [-0.05, 0) is 43.7 Å². The van der Waals surface area contributed by atoms with E-state index in [4.69, 9.17) is 20.9 Å². The van der Waals surface area contributed by atoms with Crippen molar-refractivity contribution in [1.82, 2.24) is 20.4 Å². The minimum absolute atomic E-state index is 0. The number of likely N-dealkylation sites (tertiary alicyclic amines) is 1. The molecule has 1 aromatic heterocycles. The summed E-state index contributed by atoms with van der Waals surface area (Å²) >= 11 is 6.04. The molecule has 1 saturated carbocycles. The van der Waals surface area contributed by atoms with E-state index in [-0.39, 0.29) is 24.0 Å². The molecule has 2 fully saturated rings. The Balaban J connectivity index is 0.00000289. The van der Waals surface area contributed by atoms with Gasteiger partial charge in [-0.3, -0.25) is 4.99 Å². The first-order valence-electron chi connectivity index (χ1n) is 11.4. The highest BCUT2D eigenvalue weighted by Crippen LogP contribution is 2.26. The zero-order valence-corrected chi connectivity index (χ0v) is 21.7. The molecule has 4 rings (SSSR count). The van der Waals surface area contributed by atoms with Gasteiger partial charge in [0.1, 0.15) is 0 Å². The molecule has 176 valence electrons. The minimum Gasteiger partial charge on any atom is -0.378 e. The Morgan fingerprint density at radius 3 is 2.75 bits per heavy atom. The maximum absolute atomic E-state index is 6.19. The Kier molecular flexibility index (Phi) is 10.1. The topological polar surface area (TPSA) is 75.8 Å². The van der Waals surface area contributed by atoms with Gasteiger partial charge in [-0.1, -0.05) is 41.7 Å². The molecule has 0 radical (unpaired) electrons. The fraction of sp³-hybridized carbons (Fsp3) is 0.609. The van der Waals surface area contributed by atoms with E-state index in [1.165, 1.54) is 25.7 Å². The molecule has 2 aromatic rings. The summed E-state index contributed by atoms with van der Waals surface area (Å²) in [6.45, 7) is 3.56. The van der Waals surface area contributed by atoms with Gasteiger partial charge in [0.25, 0.3) is 0 Å². The van der Waals surface area contributed by atoms with Gasteiger partial charge in [0.15, 0.2) is 5.96 Å². The highest BCUT2D eigenvalue weighted by Gasteiger charge is 2.24. The molecule has 0 unspecified atom stereocenters. The Morgan fingerprint density at radius 2 is 2.03 bits per heavy atom. The number of piperidine rings is 1. The SMILES string of the molecule is CN=C(NCCc1nc(-c2cccc(Cl)c2)no1)N1CCC(OCC2CCCC2)CC1.I. The van der Waals surface area contributed by atoms with Crippen molar-refractivity contribution in [2.75, 3.05) is 33.3 Å². The monoisotopic (exact) mass is 573 g/mol. The number of rotatable bonds is 7. The molecule has 32 heavy (non-hydrogen) atoms. The van der Waals surface area contributed by atoms with Crippen molar-refractivity contribution in [3.8, 4) is 11.4 Å². The molecule has 0 amide bonds. The fourth-order valence-electron chi connectivity index (χ4n) is 4.40. The smallest absolute Gasteiger partial charge is 0.228 e. The Hall–Kier alpha value is -1.39. The molecule has 0 spiro atoms. The molecular formula is C23H33ClIN5O2. The molecule has 1 aliphatic carbocycles. The molecule has 7 nitrogen and oxygen atoms in total. The van der Waals surface area contributed by atoms with Gasteiger partial charge in [0, 0.05) is 50.3 Å². The van der Waals surface area contributed by atoms with Crippen LogP contribution in [0.3, 0.4) is 0 Å². The van der Waals surface area contributed by atoms with Crippen LogP contribution in [0.5, 0.6) is 0 Å². The summed E-state index contributed by atoms with van der Waals surface area (Å²) in [5, 5.41) is 8.14. The second-order valence-corrected chi connectivity index (χ2v) is 8.85. The van der Waals surface area contributed by atoms with Crippen molar-refractivity contribution in [2.45, 2.75) is 51.0 Å². The molecule has 0 bridgehead atoms. The normalized spacial score (nSPS) is 18.1. The van der Waals surface area contributed by atoms with Crippen LogP contribution in [0.1, 0.15) is 44.4 Å². The lowest BCUT2D eigenvalue weighted by molar-refractivity contribution is 0.00102. The lowest BCUT2D eigenvalue weighted by atomic mass is 10.1. The van der Waals surface area contributed by atoms with Gasteiger partial charge in [-0.25, -0.2) is 0 Å². The summed E-state index contributed by atoms with van der Waals surface area (Å²) in [5.41, 5.74) is 0.851. The maximum Gasteiger partial charge on any atom is 0.228 e. The second kappa shape index (κ2) is 12.7. The third-order valence-electron chi connectivity index (χ3n) is 6.17. The van der Waals surface area contributed by atoms with Gasteiger partial charge in [-0.15, -0.1) is 24.0 Å². The van der Waals surface area contributed by atoms with Crippen LogP contribution in [-0.4, -0.2) is 60.4 Å². The highest BCUT2D eigenvalue weighted by atomic mass is 127. The van der Waals surface area contributed by atoms with Crippen LogP contribution < -0.4 is 5.32 Å². The van der Waals surface area contributed by atoms with Gasteiger partial charge in [-0.2, -0.15) is 4.98 Å². The first-order valence-corrected chi connectivity index (χ1v) is 11.7. The van der Waals surface area contributed by atoms with E-state index in [9.17, 15) is 0 Å². The first-order chi connectivity index (χ1) is 15.2. The average molecular weight is 574 g/mol. The molecule has 2 aliphatic rings. The molecule has 9 heteroatoms. The van der Waals surface area contributed by atoms with Crippen LogP contribution >= 0.6 is 35.6 Å². The minimum atomic E-state index is 0. The van der Waals surface area contributed by atoms with E-state index in [2.05, 4.69) is 25.3 Å². The third kappa shape index (κ3) is 7.05. The summed E-state index contributed by atoms with van der Waals surface area (Å²) in [6.07, 6.45) is 8.57. The number of ether oxygens (including phenoxy) is 1. The van der Waals surface area contributed by atoms with Crippen molar-refractivity contribution >= 4 is 41.5 Å². The average Bonchev–Trinajstić information content (AvgIpc) is 3.48. The number of halogens is 2. The van der Waals surface area contributed by atoms with E-state index in [1.54, 1.807) is 0 Å². The van der Waals surface area contributed by atoms with E-state index in [0.29, 0.717) is 35.8 Å². The Morgan fingerprint density at radius 1 is 1.25 bits per heavy atom. The molecule has 1 aliphatic heterocycles. The number of hydrogen-bond acceptors (Lipinski definition) is 5. The summed E-state index contributed by atoms with van der Waals surface area (Å²) in [6, 6.07) is 7.45. The number of benzene rings is 1. The molecule has 1 aromatic carbocycles. The van der Waals surface area contributed by atoms with Crippen LogP contribution in [0, 0.1) is 5.92 Å². The predicted molar refractivity (Wildman–Crippen MR) is 138 cm³/mol. The molecule has 1 N–H and O–H groups in total. The van der Waals surface area contributed by atoms with Crippen LogP contribution in [0.2, 0.25) is 5.02 Å². The van der Waals surface area contributed by atoms with E-state index in [1.807, 2.05) is 31.3 Å². The van der Waals surface area contributed by atoms with Crippen molar-refractivity contribution in [3.05, 3.63) is 35.2 Å². The van der Waals surface area contributed by atoms with Crippen molar-refractivity contribution < 1.29 is 9.26 Å². The lowest BCUT2D eigenvalue weighted by Crippen LogP contribution is -2.47. The van der Waals surface area contributed by atoms with Crippen LogP contribution in [-0.2, 0) is 11.2 Å². The van der Waals surface area contributed by atoms with Gasteiger partial charge >= 0.3 is 0 Å². The Bertz CT molecular complexity index is 864. The van der Waals surface area contributed by atoms with E-state index in [0.717, 1.165) is 50.0 Å². The second-order valence-electron chi connectivity index (χ2n) is 8.42. The summed E-state index contributed by atoms with van der Waals surface area (Å²) in [5.74, 6) is 2.86. The lowest BCUT2D eigenvalue weighted by Gasteiger charge is -2.34. The zero-order chi connectivity index (χ0) is 21.5. The summed E-state index contributed by atoms with van der Waals surface area (Å²) in [4.78, 5) is 11.2. The highest BCUT2D eigenvalue weighted by molar-refractivity contribution is 14.0. The number of guanidine groups is 1. The van der Waals surface area contributed by atoms with Gasteiger partial charge in [0.2, 0.25) is 11.7 Å². The number of nitrogens with zero attached hydrogens (tertiary/aromatic N) is 4. The zero-order valence-electron chi connectivity index (χ0n) is 18.6. The maximum atomic E-state index is 6.19. The van der Waals surface area contributed by atoms with E-state index < -0.39 is 0 Å². The van der Waals surface area contributed by atoms with Crippen LogP contribution in [0.25, 0.3) is 11.4 Å². The summed E-state index contributed by atoms with van der Waals surface area (Å²) in [7, 11) is 1.83. The number of aromatic nitrogens is 2. The van der Waals surface area contributed by atoms with Gasteiger partial charge in [0.05, 0.1) is 6.10 Å². The summed E-state index contributed by atoms with van der Waals surface area (Å²) < 4.78 is 11.6. The number of hydrogen-bond donors (Lipinski definition) is 1. The number of aliphatic imine (C=N–C) groups is 1. The van der Waals surface area contributed by atoms with Gasteiger partial charge < -0.3 is 19.5 Å². The molecule has 1 saturated heterocycles. The number of nitrogens with one attached hydrogen (secondary N) is 1. The van der Waals surface area contributed by atoms with Crippen molar-refractivity contribution in [2.24, 2.45) is 10.9 Å². The quantitative estimate of drug-likeness (QED) is 0.291. The molecule has 2 heterocycles. The Labute approximate surface area is 212 Å².